The third-order valence-electron chi connectivity index (χ3n) is 4.83. The van der Waals surface area contributed by atoms with E-state index < -0.39 is 10.0 Å². The van der Waals surface area contributed by atoms with Gasteiger partial charge in [0.1, 0.15) is 0 Å². The van der Waals surface area contributed by atoms with Crippen LogP contribution in [0.3, 0.4) is 0 Å². The molecule has 0 aromatic heterocycles. The van der Waals surface area contributed by atoms with Crippen LogP contribution in [0.15, 0.2) is 17.0 Å². The largest absolute Gasteiger partial charge is 0.312 e. The number of aryl methyl sites for hydroxylation is 2. The number of carbonyl (C=O) groups is 1. The Labute approximate surface area is 144 Å². The zero-order valence-electron chi connectivity index (χ0n) is 14.5. The number of benzene rings is 1. The van der Waals surface area contributed by atoms with Gasteiger partial charge in [-0.1, -0.05) is 13.8 Å². The quantitative estimate of drug-likeness (QED) is 0.793. The molecule has 0 saturated carbocycles. The number of hydrogen-bond donors (Lipinski definition) is 0. The summed E-state index contributed by atoms with van der Waals surface area (Å²) in [4.78, 5) is 14.4. The van der Waals surface area contributed by atoms with Crippen molar-refractivity contribution in [1.29, 1.82) is 0 Å². The van der Waals surface area contributed by atoms with Gasteiger partial charge in [-0.05, 0) is 55.4 Å². The summed E-state index contributed by atoms with van der Waals surface area (Å²) in [7, 11) is -3.47. The summed E-state index contributed by atoms with van der Waals surface area (Å²) in [5.41, 5.74) is 3.01. The first-order valence-electron chi connectivity index (χ1n) is 8.95. The van der Waals surface area contributed by atoms with Gasteiger partial charge < -0.3 is 4.90 Å². The number of amides is 1. The Bertz CT molecular complexity index is 720. The molecular weight excluding hydrogens is 324 g/mol. The Hall–Kier alpha value is -1.40. The lowest BCUT2D eigenvalue weighted by atomic mass is 9.92. The number of hydrogen-bond acceptors (Lipinski definition) is 3. The Morgan fingerprint density at radius 2 is 1.67 bits per heavy atom. The zero-order valence-corrected chi connectivity index (χ0v) is 15.4. The van der Waals surface area contributed by atoms with Gasteiger partial charge in [-0.2, -0.15) is 4.31 Å². The first-order chi connectivity index (χ1) is 11.5. The molecular formula is C18H26N2O3S. The van der Waals surface area contributed by atoms with Crippen LogP contribution in [0.5, 0.6) is 0 Å². The smallest absolute Gasteiger partial charge is 0.243 e. The first-order valence-corrected chi connectivity index (χ1v) is 10.4. The third kappa shape index (κ3) is 2.97. The summed E-state index contributed by atoms with van der Waals surface area (Å²) in [6.45, 7) is 5.85. The summed E-state index contributed by atoms with van der Waals surface area (Å²) >= 11 is 0. The van der Waals surface area contributed by atoms with E-state index in [-0.39, 0.29) is 5.91 Å². The number of nitrogens with zero attached hydrogens (tertiary/aromatic N) is 2. The molecule has 132 valence electrons. The van der Waals surface area contributed by atoms with E-state index >= 15 is 0 Å². The summed E-state index contributed by atoms with van der Waals surface area (Å²) in [6, 6.07) is 3.61. The fourth-order valence-corrected chi connectivity index (χ4v) is 5.50. The van der Waals surface area contributed by atoms with E-state index in [4.69, 9.17) is 0 Å². The second-order valence-electron chi connectivity index (χ2n) is 6.64. The van der Waals surface area contributed by atoms with Crippen LogP contribution in [0.25, 0.3) is 0 Å². The highest BCUT2D eigenvalue weighted by Crippen LogP contribution is 2.38. The van der Waals surface area contributed by atoms with Crippen molar-refractivity contribution < 1.29 is 13.2 Å². The molecule has 0 bridgehead atoms. The standard InChI is InChI=1S/C18H26N2O3S/c1-3-9-19(10-4-2)24(22,23)16-12-14-6-5-11-20-17(21)8-7-15(13-16)18(14)20/h12-13H,3-11H2,1-2H3. The summed E-state index contributed by atoms with van der Waals surface area (Å²) in [6.07, 6.45) is 4.47. The van der Waals surface area contributed by atoms with E-state index in [2.05, 4.69) is 0 Å². The normalized spacial score (nSPS) is 17.3. The molecule has 0 saturated heterocycles. The highest BCUT2D eigenvalue weighted by Gasteiger charge is 2.32. The first kappa shape index (κ1) is 17.4. The molecule has 6 heteroatoms. The van der Waals surface area contributed by atoms with E-state index in [0.29, 0.717) is 30.8 Å². The second-order valence-corrected chi connectivity index (χ2v) is 8.58. The van der Waals surface area contributed by atoms with Crippen LogP contribution in [-0.2, 0) is 27.7 Å². The van der Waals surface area contributed by atoms with Crippen LogP contribution in [0.4, 0.5) is 5.69 Å². The van der Waals surface area contributed by atoms with Gasteiger partial charge in [-0.15, -0.1) is 0 Å². The van der Waals surface area contributed by atoms with Crippen LogP contribution < -0.4 is 4.90 Å². The van der Waals surface area contributed by atoms with Crippen molar-refractivity contribution in [2.45, 2.75) is 57.3 Å². The van der Waals surface area contributed by atoms with Gasteiger partial charge in [0.15, 0.2) is 0 Å². The maximum atomic E-state index is 13.1. The monoisotopic (exact) mass is 350 g/mol. The van der Waals surface area contributed by atoms with E-state index in [9.17, 15) is 13.2 Å². The molecule has 0 aliphatic carbocycles. The Morgan fingerprint density at radius 1 is 1.04 bits per heavy atom. The SMILES string of the molecule is CCCN(CCC)S(=O)(=O)c1cc2c3c(c1)CCC(=O)N3CCC2. The molecule has 0 radical (unpaired) electrons. The average Bonchev–Trinajstić information content (AvgIpc) is 2.57. The fraction of sp³-hybridized carbons (Fsp3) is 0.611. The minimum absolute atomic E-state index is 0.164. The van der Waals surface area contributed by atoms with Gasteiger partial charge in [0.2, 0.25) is 15.9 Å². The van der Waals surface area contributed by atoms with Crippen LogP contribution >= 0.6 is 0 Å². The maximum absolute atomic E-state index is 13.1. The van der Waals surface area contributed by atoms with Gasteiger partial charge in [-0.25, -0.2) is 8.42 Å². The summed E-state index contributed by atoms with van der Waals surface area (Å²) in [5, 5.41) is 0. The fourth-order valence-electron chi connectivity index (χ4n) is 3.77. The van der Waals surface area contributed by atoms with Crippen LogP contribution in [-0.4, -0.2) is 38.3 Å². The van der Waals surface area contributed by atoms with Crippen molar-refractivity contribution in [3.8, 4) is 0 Å². The van der Waals surface area contributed by atoms with E-state index in [1.807, 2.05) is 18.7 Å². The zero-order chi connectivity index (χ0) is 17.3. The molecule has 1 amide bonds. The third-order valence-corrected chi connectivity index (χ3v) is 6.71. The Morgan fingerprint density at radius 3 is 2.29 bits per heavy atom. The van der Waals surface area contributed by atoms with Crippen LogP contribution in [0, 0.1) is 0 Å². The van der Waals surface area contributed by atoms with Crippen molar-refractivity contribution in [2.24, 2.45) is 0 Å². The minimum Gasteiger partial charge on any atom is -0.312 e. The predicted octanol–water partition coefficient (Wildman–Crippen LogP) is 2.72. The lowest BCUT2D eigenvalue weighted by Crippen LogP contribution is -2.39. The topological polar surface area (TPSA) is 57.7 Å². The van der Waals surface area contributed by atoms with E-state index in [0.717, 1.165) is 49.0 Å². The summed E-state index contributed by atoms with van der Waals surface area (Å²) in [5.74, 6) is 0.164. The van der Waals surface area contributed by atoms with Crippen molar-refractivity contribution >= 4 is 21.6 Å². The van der Waals surface area contributed by atoms with Gasteiger partial charge in [0, 0.05) is 26.1 Å². The number of anilines is 1. The van der Waals surface area contributed by atoms with Gasteiger partial charge in [0.25, 0.3) is 0 Å². The molecule has 0 unspecified atom stereocenters. The molecule has 2 aliphatic rings. The highest BCUT2D eigenvalue weighted by molar-refractivity contribution is 7.89. The van der Waals surface area contributed by atoms with Crippen molar-refractivity contribution in [3.05, 3.63) is 23.3 Å². The molecule has 0 fully saturated rings. The Balaban J connectivity index is 2.05. The maximum Gasteiger partial charge on any atom is 0.243 e. The van der Waals surface area contributed by atoms with Gasteiger partial charge in [-0.3, -0.25) is 4.79 Å². The summed E-state index contributed by atoms with van der Waals surface area (Å²) < 4.78 is 27.7. The number of rotatable bonds is 6. The molecule has 0 atom stereocenters. The number of carbonyl (C=O) groups excluding carboxylic acids is 1. The van der Waals surface area contributed by atoms with Crippen molar-refractivity contribution in [2.75, 3.05) is 24.5 Å². The van der Waals surface area contributed by atoms with E-state index in [1.165, 1.54) is 0 Å². The van der Waals surface area contributed by atoms with Crippen LogP contribution in [0.1, 0.15) is 50.7 Å². The van der Waals surface area contributed by atoms with Crippen molar-refractivity contribution in [1.82, 2.24) is 4.31 Å². The number of sulfonamides is 1. The Kier molecular flexibility index (Phi) is 4.97. The lowest BCUT2D eigenvalue weighted by molar-refractivity contribution is -0.119. The average molecular weight is 350 g/mol. The molecule has 1 aromatic carbocycles. The van der Waals surface area contributed by atoms with Gasteiger partial charge >= 0.3 is 0 Å². The predicted molar refractivity (Wildman–Crippen MR) is 94.8 cm³/mol. The van der Waals surface area contributed by atoms with Gasteiger partial charge in [0.05, 0.1) is 10.6 Å². The second kappa shape index (κ2) is 6.84. The molecule has 0 spiro atoms. The molecule has 2 aliphatic heterocycles. The lowest BCUT2D eigenvalue weighted by Gasteiger charge is -2.35. The molecule has 5 nitrogen and oxygen atoms in total. The minimum atomic E-state index is -3.47. The van der Waals surface area contributed by atoms with Crippen molar-refractivity contribution in [3.63, 3.8) is 0 Å². The molecule has 0 N–H and O–H groups in total. The highest BCUT2D eigenvalue weighted by atomic mass is 32.2. The molecule has 2 heterocycles. The molecule has 3 rings (SSSR count). The van der Waals surface area contributed by atoms with Crippen LogP contribution in [0.2, 0.25) is 0 Å². The molecule has 24 heavy (non-hydrogen) atoms. The van der Waals surface area contributed by atoms with E-state index in [1.54, 1.807) is 16.4 Å². The molecule has 1 aromatic rings.